The molecule has 0 N–H and O–H groups in total. The largest absolute Gasteiger partial charge is 0.456 e. The van der Waals surface area contributed by atoms with Gasteiger partial charge < -0.3 is 9.22 Å². The molecule has 0 radical (unpaired) electrons. The van der Waals surface area contributed by atoms with Gasteiger partial charge in [-0.15, -0.1) is 0 Å². The summed E-state index contributed by atoms with van der Waals surface area (Å²) in [4.78, 5) is 10.7. The van der Waals surface area contributed by atoms with Gasteiger partial charge in [0.1, 0.15) is 6.54 Å². The van der Waals surface area contributed by atoms with Gasteiger partial charge in [-0.3, -0.25) is 4.79 Å². The minimum Gasteiger partial charge on any atom is -0.456 e. The van der Waals surface area contributed by atoms with E-state index in [4.69, 9.17) is 4.74 Å². The van der Waals surface area contributed by atoms with Crippen molar-refractivity contribution in [3.63, 3.8) is 0 Å². The van der Waals surface area contributed by atoms with Crippen molar-refractivity contribution in [2.24, 2.45) is 0 Å². The van der Waals surface area contributed by atoms with Crippen LogP contribution in [0.15, 0.2) is 0 Å². The lowest BCUT2D eigenvalue weighted by molar-refractivity contribution is -0.873. The summed E-state index contributed by atoms with van der Waals surface area (Å²) < 4.78 is 5.94. The molecular weight excluding hydrogens is 142 g/mol. The topological polar surface area (TPSA) is 26.3 Å². The van der Waals surface area contributed by atoms with Crippen LogP contribution in [0.2, 0.25) is 0 Å². The Morgan fingerprint density at radius 3 is 2.55 bits per heavy atom. The zero-order valence-corrected chi connectivity index (χ0v) is 7.46. The highest BCUT2D eigenvalue weighted by Gasteiger charge is 2.27. The van der Waals surface area contributed by atoms with Crippen LogP contribution < -0.4 is 0 Å². The molecule has 1 saturated heterocycles. The Kier molecular flexibility index (Phi) is 2.18. The van der Waals surface area contributed by atoms with E-state index >= 15 is 0 Å². The monoisotopic (exact) mass is 158 g/mol. The van der Waals surface area contributed by atoms with E-state index in [0.29, 0.717) is 6.42 Å². The van der Waals surface area contributed by atoms with Gasteiger partial charge >= 0.3 is 5.97 Å². The van der Waals surface area contributed by atoms with Crippen LogP contribution in [0.1, 0.15) is 12.8 Å². The molecule has 0 spiro atoms. The molecule has 0 aromatic carbocycles. The van der Waals surface area contributed by atoms with E-state index in [1.165, 1.54) is 0 Å². The zero-order valence-electron chi connectivity index (χ0n) is 7.46. The molecule has 0 aromatic rings. The maximum absolute atomic E-state index is 10.7. The van der Waals surface area contributed by atoms with Gasteiger partial charge in [-0.2, -0.15) is 0 Å². The van der Waals surface area contributed by atoms with Crippen molar-refractivity contribution in [3.8, 4) is 0 Å². The molecule has 1 aliphatic rings. The van der Waals surface area contributed by atoms with Crippen LogP contribution in [-0.4, -0.2) is 44.2 Å². The van der Waals surface area contributed by atoms with Gasteiger partial charge in [-0.05, 0) is 0 Å². The van der Waals surface area contributed by atoms with Crippen molar-refractivity contribution >= 4 is 5.97 Å². The van der Waals surface area contributed by atoms with E-state index in [0.717, 1.165) is 17.4 Å². The number of likely N-dealkylation sites (N-methyl/N-ethyl adjacent to an activating group) is 1. The molecule has 3 heteroatoms. The lowest BCUT2D eigenvalue weighted by atomic mass is 10.2. The highest BCUT2D eigenvalue weighted by Crippen LogP contribution is 2.15. The second kappa shape index (κ2) is 2.81. The molecule has 0 amide bonds. The highest BCUT2D eigenvalue weighted by atomic mass is 16.5. The Labute approximate surface area is 67.5 Å². The Bertz CT molecular complexity index is 160. The molecule has 0 unspecified atom stereocenters. The molecule has 1 atom stereocenters. The predicted molar refractivity (Wildman–Crippen MR) is 42.0 cm³/mol. The van der Waals surface area contributed by atoms with Crippen LogP contribution in [0.3, 0.4) is 0 Å². The molecule has 0 aromatic heterocycles. The Morgan fingerprint density at radius 2 is 2.18 bits per heavy atom. The quantitative estimate of drug-likeness (QED) is 0.429. The van der Waals surface area contributed by atoms with Gasteiger partial charge in [0.25, 0.3) is 0 Å². The number of esters is 1. The van der Waals surface area contributed by atoms with Crippen LogP contribution in [0.4, 0.5) is 0 Å². The third-order valence-electron chi connectivity index (χ3n) is 1.72. The summed E-state index contributed by atoms with van der Waals surface area (Å²) in [5.74, 6) is -0.0385. The summed E-state index contributed by atoms with van der Waals surface area (Å²) in [5, 5.41) is 0. The minimum atomic E-state index is -0.0385. The second-order valence-corrected chi connectivity index (χ2v) is 4.12. The average molecular weight is 158 g/mol. The number of rotatable bonds is 2. The summed E-state index contributed by atoms with van der Waals surface area (Å²) >= 11 is 0. The second-order valence-electron chi connectivity index (χ2n) is 4.12. The third kappa shape index (κ3) is 2.89. The van der Waals surface area contributed by atoms with Crippen molar-refractivity contribution in [1.82, 2.24) is 0 Å². The van der Waals surface area contributed by atoms with E-state index in [9.17, 15) is 4.79 Å². The number of carbonyl (C=O) groups excluding carboxylic acids is 1. The Morgan fingerprint density at radius 1 is 1.55 bits per heavy atom. The number of nitrogens with zero attached hydrogens (tertiary/aromatic N) is 1. The normalized spacial score (nSPS) is 25.4. The van der Waals surface area contributed by atoms with Crippen molar-refractivity contribution < 1.29 is 14.0 Å². The lowest BCUT2D eigenvalue weighted by Crippen LogP contribution is -2.41. The standard InChI is InChI=1S/C8H16NO2/c1-9(2,3)6-7-4-5-8(10)11-7/h7H,4-6H2,1-3H3/q+1/t7-/m0/s1. The Hall–Kier alpha value is -0.570. The number of hydrogen-bond acceptors (Lipinski definition) is 2. The predicted octanol–water partition coefficient (Wildman–Crippen LogP) is 0.398. The molecule has 0 aliphatic carbocycles. The number of quaternary nitrogens is 1. The van der Waals surface area contributed by atoms with Crippen LogP contribution in [0.25, 0.3) is 0 Å². The molecule has 1 aliphatic heterocycles. The van der Waals surface area contributed by atoms with Crippen LogP contribution in [0, 0.1) is 0 Å². The third-order valence-corrected chi connectivity index (χ3v) is 1.72. The summed E-state index contributed by atoms with van der Waals surface area (Å²) in [6.07, 6.45) is 1.65. The molecule has 11 heavy (non-hydrogen) atoms. The first-order valence-corrected chi connectivity index (χ1v) is 3.97. The number of cyclic esters (lactones) is 1. The summed E-state index contributed by atoms with van der Waals surface area (Å²) in [5.41, 5.74) is 0. The van der Waals surface area contributed by atoms with E-state index in [1.807, 2.05) is 0 Å². The zero-order chi connectivity index (χ0) is 8.48. The Balaban J connectivity index is 2.34. The molecule has 1 fully saturated rings. The van der Waals surface area contributed by atoms with Gasteiger partial charge in [-0.1, -0.05) is 0 Å². The molecule has 64 valence electrons. The summed E-state index contributed by atoms with van der Waals surface area (Å²) in [6.45, 7) is 0.922. The van der Waals surface area contributed by atoms with E-state index < -0.39 is 0 Å². The summed E-state index contributed by atoms with van der Waals surface area (Å²) in [6, 6.07) is 0. The van der Waals surface area contributed by atoms with Crippen molar-refractivity contribution in [1.29, 1.82) is 0 Å². The van der Waals surface area contributed by atoms with E-state index in [2.05, 4.69) is 21.1 Å². The first-order valence-electron chi connectivity index (χ1n) is 3.97. The fourth-order valence-electron chi connectivity index (χ4n) is 1.32. The maximum atomic E-state index is 10.7. The highest BCUT2D eigenvalue weighted by molar-refractivity contribution is 5.71. The van der Waals surface area contributed by atoms with E-state index in [1.54, 1.807) is 0 Å². The van der Waals surface area contributed by atoms with Gasteiger partial charge in [-0.25, -0.2) is 0 Å². The fourth-order valence-corrected chi connectivity index (χ4v) is 1.32. The molecule has 1 heterocycles. The van der Waals surface area contributed by atoms with Crippen LogP contribution in [0.5, 0.6) is 0 Å². The van der Waals surface area contributed by atoms with E-state index in [-0.39, 0.29) is 12.1 Å². The maximum Gasteiger partial charge on any atom is 0.306 e. The van der Waals surface area contributed by atoms with Gasteiger partial charge in [0.05, 0.1) is 21.1 Å². The summed E-state index contributed by atoms with van der Waals surface area (Å²) in [7, 11) is 6.31. The van der Waals surface area contributed by atoms with Crippen LogP contribution >= 0.6 is 0 Å². The average Bonchev–Trinajstić information content (AvgIpc) is 2.10. The van der Waals surface area contributed by atoms with Crippen molar-refractivity contribution in [2.75, 3.05) is 27.7 Å². The first kappa shape index (κ1) is 8.53. The van der Waals surface area contributed by atoms with Crippen molar-refractivity contribution in [3.05, 3.63) is 0 Å². The number of hydrogen-bond donors (Lipinski definition) is 0. The molecule has 0 bridgehead atoms. The fraction of sp³-hybridized carbons (Fsp3) is 0.875. The molecule has 3 nitrogen and oxygen atoms in total. The first-order chi connectivity index (χ1) is 4.97. The lowest BCUT2D eigenvalue weighted by Gasteiger charge is -2.26. The van der Waals surface area contributed by atoms with Gasteiger partial charge in [0.2, 0.25) is 0 Å². The van der Waals surface area contributed by atoms with Gasteiger partial charge in [0, 0.05) is 12.8 Å². The molecular formula is C8H16NO2+. The number of ether oxygens (including phenoxy) is 1. The van der Waals surface area contributed by atoms with Gasteiger partial charge in [0.15, 0.2) is 6.10 Å². The molecule has 0 saturated carbocycles. The smallest absolute Gasteiger partial charge is 0.306 e. The van der Waals surface area contributed by atoms with Crippen molar-refractivity contribution in [2.45, 2.75) is 18.9 Å². The van der Waals surface area contributed by atoms with Crippen LogP contribution in [-0.2, 0) is 9.53 Å². The minimum absolute atomic E-state index is 0.0385. The SMILES string of the molecule is C[N+](C)(C)C[C@@H]1CCC(=O)O1. The molecule has 1 rings (SSSR count). The number of carbonyl (C=O) groups is 1.